The van der Waals surface area contributed by atoms with Crippen LogP contribution < -0.4 is 0 Å². The van der Waals surface area contributed by atoms with E-state index < -0.39 is 0 Å². The van der Waals surface area contributed by atoms with E-state index in [2.05, 4.69) is 20.8 Å². The maximum atomic E-state index is 10.2. The predicted molar refractivity (Wildman–Crippen MR) is 46.9 cm³/mol. The standard InChI is InChI=1S/C8H17OS/c1-7(2)6-10-8(3)4-5-9/h7-8H,4-6H2,1-3H3. The summed E-state index contributed by atoms with van der Waals surface area (Å²) in [7, 11) is 0. The SMILES string of the molecule is CC(C)CSC(C)CC[O]. The molecule has 0 aromatic carbocycles. The van der Waals surface area contributed by atoms with E-state index in [1.165, 1.54) is 5.75 Å². The molecule has 0 aliphatic carbocycles. The quantitative estimate of drug-likeness (QED) is 0.606. The Morgan fingerprint density at radius 2 is 1.90 bits per heavy atom. The Labute approximate surface area is 68.2 Å². The van der Waals surface area contributed by atoms with E-state index in [4.69, 9.17) is 0 Å². The summed E-state index contributed by atoms with van der Waals surface area (Å²) in [6, 6.07) is 0. The molecule has 0 aromatic heterocycles. The second kappa shape index (κ2) is 6.05. The van der Waals surface area contributed by atoms with Gasteiger partial charge in [0.2, 0.25) is 0 Å². The fourth-order valence-corrected chi connectivity index (χ4v) is 1.58. The van der Waals surface area contributed by atoms with Crippen LogP contribution in [0.15, 0.2) is 0 Å². The van der Waals surface area contributed by atoms with Crippen LogP contribution in [0.1, 0.15) is 27.2 Å². The lowest BCUT2D eigenvalue weighted by Gasteiger charge is -2.09. The monoisotopic (exact) mass is 161 g/mol. The topological polar surface area (TPSA) is 19.9 Å². The molecule has 1 radical (unpaired) electrons. The summed E-state index contributed by atoms with van der Waals surface area (Å²) in [5.41, 5.74) is 0. The van der Waals surface area contributed by atoms with Gasteiger partial charge in [-0.2, -0.15) is 11.8 Å². The van der Waals surface area contributed by atoms with E-state index in [9.17, 15) is 5.11 Å². The Bertz CT molecular complexity index is 73.7. The molecule has 2 heteroatoms. The van der Waals surface area contributed by atoms with Crippen molar-refractivity contribution in [2.75, 3.05) is 12.4 Å². The molecule has 0 N–H and O–H groups in total. The second-order valence-corrected chi connectivity index (χ2v) is 4.50. The molecular formula is C8H17OS. The smallest absolute Gasteiger partial charge is 0.0832 e. The van der Waals surface area contributed by atoms with Gasteiger partial charge in [0.15, 0.2) is 0 Å². The van der Waals surface area contributed by atoms with Gasteiger partial charge in [0.05, 0.1) is 6.61 Å². The van der Waals surface area contributed by atoms with Gasteiger partial charge in [-0.3, -0.25) is 0 Å². The highest BCUT2D eigenvalue weighted by Crippen LogP contribution is 2.16. The Morgan fingerprint density at radius 3 is 2.30 bits per heavy atom. The molecule has 10 heavy (non-hydrogen) atoms. The van der Waals surface area contributed by atoms with Crippen LogP contribution in [0.2, 0.25) is 0 Å². The maximum Gasteiger partial charge on any atom is 0.0832 e. The van der Waals surface area contributed by atoms with Gasteiger partial charge in [0, 0.05) is 5.25 Å². The molecule has 61 valence electrons. The van der Waals surface area contributed by atoms with Gasteiger partial charge < -0.3 is 0 Å². The van der Waals surface area contributed by atoms with Gasteiger partial charge in [-0.05, 0) is 18.1 Å². The molecule has 1 unspecified atom stereocenters. The largest absolute Gasteiger partial charge is 0.237 e. The van der Waals surface area contributed by atoms with Gasteiger partial charge in [-0.25, -0.2) is 5.11 Å². The van der Waals surface area contributed by atoms with Gasteiger partial charge in [-0.1, -0.05) is 20.8 Å². The van der Waals surface area contributed by atoms with Crippen molar-refractivity contribution in [3.8, 4) is 0 Å². The Balaban J connectivity index is 3.12. The first kappa shape index (κ1) is 10.3. The van der Waals surface area contributed by atoms with Crippen LogP contribution in [0.5, 0.6) is 0 Å². The molecule has 0 aliphatic heterocycles. The summed E-state index contributed by atoms with van der Waals surface area (Å²) in [6.45, 7) is 6.62. The number of hydrogen-bond donors (Lipinski definition) is 0. The minimum absolute atomic E-state index is 0.0757. The van der Waals surface area contributed by atoms with E-state index in [0.29, 0.717) is 5.25 Å². The molecular weight excluding hydrogens is 144 g/mol. The molecule has 0 aromatic rings. The van der Waals surface area contributed by atoms with Crippen LogP contribution in [-0.2, 0) is 5.11 Å². The fourth-order valence-electron chi connectivity index (χ4n) is 0.606. The third-order valence-corrected chi connectivity index (χ3v) is 2.90. The van der Waals surface area contributed by atoms with Crippen LogP contribution in [0.3, 0.4) is 0 Å². The molecule has 0 bridgehead atoms. The Kier molecular flexibility index (Phi) is 6.24. The highest BCUT2D eigenvalue weighted by molar-refractivity contribution is 7.99. The number of thioether (sulfide) groups is 1. The molecule has 1 atom stereocenters. The molecule has 0 heterocycles. The third-order valence-electron chi connectivity index (χ3n) is 1.24. The zero-order valence-corrected chi connectivity index (χ0v) is 7.91. The summed E-state index contributed by atoms with van der Waals surface area (Å²) in [5.74, 6) is 1.93. The first-order valence-electron chi connectivity index (χ1n) is 3.86. The third kappa shape index (κ3) is 6.43. The van der Waals surface area contributed by atoms with Crippen LogP contribution >= 0.6 is 11.8 Å². The van der Waals surface area contributed by atoms with Crippen LogP contribution in [0.4, 0.5) is 0 Å². The molecule has 0 saturated carbocycles. The average Bonchev–Trinajstić information content (AvgIpc) is 1.85. The Hall–Kier alpha value is 0.310. The van der Waals surface area contributed by atoms with Gasteiger partial charge in [0.25, 0.3) is 0 Å². The molecule has 1 nitrogen and oxygen atoms in total. The maximum absolute atomic E-state index is 10.2. The zero-order chi connectivity index (χ0) is 7.98. The van der Waals surface area contributed by atoms with E-state index >= 15 is 0 Å². The van der Waals surface area contributed by atoms with Gasteiger partial charge in [0.1, 0.15) is 0 Å². The fraction of sp³-hybridized carbons (Fsp3) is 1.00. The second-order valence-electron chi connectivity index (χ2n) is 3.03. The molecule has 0 fully saturated rings. The van der Waals surface area contributed by atoms with Crippen LogP contribution in [0, 0.1) is 5.92 Å². The highest BCUT2D eigenvalue weighted by Gasteiger charge is 2.02. The van der Waals surface area contributed by atoms with E-state index in [1.807, 2.05) is 11.8 Å². The summed E-state index contributed by atoms with van der Waals surface area (Å²) in [5, 5.41) is 10.7. The van der Waals surface area contributed by atoms with Crippen LogP contribution in [0.25, 0.3) is 0 Å². The number of rotatable bonds is 5. The van der Waals surface area contributed by atoms with Crippen molar-refractivity contribution in [2.45, 2.75) is 32.4 Å². The minimum atomic E-state index is 0.0757. The van der Waals surface area contributed by atoms with Crippen molar-refractivity contribution >= 4 is 11.8 Å². The van der Waals surface area contributed by atoms with Gasteiger partial charge >= 0.3 is 0 Å². The molecule has 0 aliphatic rings. The molecule has 0 amide bonds. The average molecular weight is 161 g/mol. The van der Waals surface area contributed by atoms with E-state index in [1.54, 1.807) is 0 Å². The summed E-state index contributed by atoms with van der Waals surface area (Å²) in [4.78, 5) is 0. The van der Waals surface area contributed by atoms with Crippen molar-refractivity contribution in [1.29, 1.82) is 0 Å². The summed E-state index contributed by atoms with van der Waals surface area (Å²) in [6.07, 6.45) is 0.817. The first-order valence-corrected chi connectivity index (χ1v) is 4.91. The summed E-state index contributed by atoms with van der Waals surface area (Å²) >= 11 is 1.91. The highest BCUT2D eigenvalue weighted by atomic mass is 32.2. The summed E-state index contributed by atoms with van der Waals surface area (Å²) < 4.78 is 0. The van der Waals surface area contributed by atoms with Crippen molar-refractivity contribution in [2.24, 2.45) is 5.92 Å². The van der Waals surface area contributed by atoms with Crippen molar-refractivity contribution in [1.82, 2.24) is 0 Å². The van der Waals surface area contributed by atoms with Crippen molar-refractivity contribution in [3.05, 3.63) is 0 Å². The minimum Gasteiger partial charge on any atom is -0.237 e. The lowest BCUT2D eigenvalue weighted by atomic mass is 10.3. The lowest BCUT2D eigenvalue weighted by Crippen LogP contribution is -2.02. The first-order chi connectivity index (χ1) is 4.66. The van der Waals surface area contributed by atoms with E-state index in [0.717, 1.165) is 12.3 Å². The molecule has 0 saturated heterocycles. The van der Waals surface area contributed by atoms with Crippen molar-refractivity contribution in [3.63, 3.8) is 0 Å². The normalized spacial score (nSPS) is 14.1. The van der Waals surface area contributed by atoms with Crippen molar-refractivity contribution < 1.29 is 5.11 Å². The van der Waals surface area contributed by atoms with E-state index in [-0.39, 0.29) is 6.61 Å². The van der Waals surface area contributed by atoms with Crippen LogP contribution in [-0.4, -0.2) is 17.6 Å². The zero-order valence-electron chi connectivity index (χ0n) is 7.09. The molecule has 0 rings (SSSR count). The lowest BCUT2D eigenvalue weighted by molar-refractivity contribution is 0.189. The Morgan fingerprint density at radius 1 is 1.30 bits per heavy atom. The molecule has 0 spiro atoms. The predicted octanol–water partition coefficient (Wildman–Crippen LogP) is 2.58. The van der Waals surface area contributed by atoms with Gasteiger partial charge in [-0.15, -0.1) is 0 Å². The number of hydrogen-bond acceptors (Lipinski definition) is 1.